The second kappa shape index (κ2) is 4.66. The van der Waals surface area contributed by atoms with Crippen molar-refractivity contribution >= 4 is 12.2 Å². The molecule has 0 unspecified atom stereocenters. The molecule has 2 rings (SSSR count). The van der Waals surface area contributed by atoms with Gasteiger partial charge in [0.25, 0.3) is 0 Å². The molecule has 0 spiro atoms. The number of aryl methyl sites for hydroxylation is 2. The van der Waals surface area contributed by atoms with E-state index in [1.165, 1.54) is 16.9 Å². The van der Waals surface area contributed by atoms with Crippen molar-refractivity contribution in [1.82, 2.24) is 9.55 Å². The molecule has 0 saturated heterocycles. The maximum Gasteiger partial charge on any atom is 0.182 e. The predicted molar refractivity (Wildman–Crippen MR) is 69.7 cm³/mol. The number of aromatic nitrogens is 2. The van der Waals surface area contributed by atoms with Crippen LogP contribution >= 0.6 is 12.2 Å². The molecule has 3 heteroatoms. The summed E-state index contributed by atoms with van der Waals surface area (Å²) >= 11 is 5.34. The number of hydrogen-bond donors (Lipinski definition) is 1. The van der Waals surface area contributed by atoms with E-state index in [2.05, 4.69) is 47.7 Å². The summed E-state index contributed by atoms with van der Waals surface area (Å²) in [5.74, 6) is 0. The molecule has 0 amide bonds. The van der Waals surface area contributed by atoms with Gasteiger partial charge in [-0.15, -0.1) is 0 Å². The van der Waals surface area contributed by atoms with Crippen LogP contribution in [0.25, 0.3) is 5.69 Å². The molecule has 84 valence electrons. The van der Waals surface area contributed by atoms with E-state index in [4.69, 9.17) is 12.2 Å². The van der Waals surface area contributed by atoms with Gasteiger partial charge in [-0.05, 0) is 36.7 Å². The number of para-hydroxylation sites is 1. The number of hydrogen-bond acceptors (Lipinski definition) is 1. The number of aromatic amines is 1. The smallest absolute Gasteiger partial charge is 0.182 e. The molecular weight excluding hydrogens is 216 g/mol. The highest BCUT2D eigenvalue weighted by molar-refractivity contribution is 7.71. The molecule has 1 heterocycles. The van der Waals surface area contributed by atoms with Crippen LogP contribution < -0.4 is 0 Å². The Hall–Kier alpha value is -1.35. The molecular formula is C13H16N2S. The fraction of sp³-hybridized carbons (Fsp3) is 0.308. The van der Waals surface area contributed by atoms with E-state index in [-0.39, 0.29) is 0 Å². The summed E-state index contributed by atoms with van der Waals surface area (Å²) in [6, 6.07) is 8.41. The summed E-state index contributed by atoms with van der Waals surface area (Å²) in [5, 5.41) is 0. The monoisotopic (exact) mass is 232 g/mol. The highest BCUT2D eigenvalue weighted by Crippen LogP contribution is 2.18. The SMILES string of the molecule is CCc1ccccc1-n1c(CC)c[nH]c1=S. The highest BCUT2D eigenvalue weighted by Gasteiger charge is 2.07. The van der Waals surface area contributed by atoms with Crippen LogP contribution in [0.5, 0.6) is 0 Å². The minimum absolute atomic E-state index is 0.776. The number of nitrogens with one attached hydrogen (secondary N) is 1. The van der Waals surface area contributed by atoms with E-state index >= 15 is 0 Å². The predicted octanol–water partition coefficient (Wildman–Crippen LogP) is 3.66. The number of benzene rings is 1. The zero-order valence-electron chi connectivity index (χ0n) is 9.66. The largest absolute Gasteiger partial charge is 0.337 e. The molecule has 0 aliphatic heterocycles. The molecule has 1 aromatic carbocycles. The van der Waals surface area contributed by atoms with E-state index in [0.717, 1.165) is 17.6 Å². The van der Waals surface area contributed by atoms with Gasteiger partial charge in [0.15, 0.2) is 4.77 Å². The van der Waals surface area contributed by atoms with Gasteiger partial charge >= 0.3 is 0 Å². The zero-order valence-corrected chi connectivity index (χ0v) is 10.5. The van der Waals surface area contributed by atoms with Gasteiger partial charge in [0.05, 0.1) is 5.69 Å². The number of imidazole rings is 1. The van der Waals surface area contributed by atoms with Crippen LogP contribution in [0.15, 0.2) is 30.5 Å². The molecule has 0 bridgehead atoms. The third-order valence-electron chi connectivity index (χ3n) is 2.83. The Morgan fingerprint density at radius 2 is 1.94 bits per heavy atom. The Bertz CT molecular complexity index is 537. The summed E-state index contributed by atoms with van der Waals surface area (Å²) in [6.45, 7) is 4.31. The average Bonchev–Trinajstić information content (AvgIpc) is 2.70. The summed E-state index contributed by atoms with van der Waals surface area (Å²) in [6.07, 6.45) is 3.99. The number of rotatable bonds is 3. The number of H-pyrrole nitrogens is 1. The minimum atomic E-state index is 0.776. The van der Waals surface area contributed by atoms with E-state index in [1.807, 2.05) is 6.20 Å². The molecule has 2 nitrogen and oxygen atoms in total. The summed E-state index contributed by atoms with van der Waals surface area (Å²) in [5.41, 5.74) is 3.76. The molecule has 0 radical (unpaired) electrons. The van der Waals surface area contributed by atoms with Gasteiger partial charge < -0.3 is 4.98 Å². The third-order valence-corrected chi connectivity index (χ3v) is 3.13. The fourth-order valence-electron chi connectivity index (χ4n) is 1.96. The standard InChI is InChI=1S/C13H16N2S/c1-3-10-7-5-6-8-12(10)15-11(4-2)9-14-13(15)16/h5-9H,3-4H2,1-2H3,(H,14,16). The maximum atomic E-state index is 5.34. The van der Waals surface area contributed by atoms with Crippen molar-refractivity contribution in [3.8, 4) is 5.69 Å². The summed E-state index contributed by atoms with van der Waals surface area (Å²) in [7, 11) is 0. The highest BCUT2D eigenvalue weighted by atomic mass is 32.1. The van der Waals surface area contributed by atoms with E-state index < -0.39 is 0 Å². The van der Waals surface area contributed by atoms with E-state index in [1.54, 1.807) is 0 Å². The third kappa shape index (κ3) is 1.83. The lowest BCUT2D eigenvalue weighted by atomic mass is 10.1. The lowest BCUT2D eigenvalue weighted by molar-refractivity contribution is 0.904. The first-order valence-electron chi connectivity index (χ1n) is 5.65. The number of nitrogens with zero attached hydrogens (tertiary/aromatic N) is 1. The van der Waals surface area contributed by atoms with Gasteiger partial charge in [-0.1, -0.05) is 32.0 Å². The molecule has 0 atom stereocenters. The second-order valence-corrected chi connectivity index (χ2v) is 4.14. The van der Waals surface area contributed by atoms with Crippen molar-refractivity contribution in [1.29, 1.82) is 0 Å². The Labute approximate surface area is 101 Å². The Morgan fingerprint density at radius 3 is 2.62 bits per heavy atom. The van der Waals surface area contributed by atoms with Crippen molar-refractivity contribution in [3.63, 3.8) is 0 Å². The van der Waals surface area contributed by atoms with E-state index in [0.29, 0.717) is 0 Å². The normalized spacial score (nSPS) is 10.6. The van der Waals surface area contributed by atoms with Gasteiger partial charge in [0.2, 0.25) is 0 Å². The molecule has 0 aliphatic rings. The molecule has 0 aliphatic carbocycles. The minimum Gasteiger partial charge on any atom is -0.337 e. The van der Waals surface area contributed by atoms with Crippen molar-refractivity contribution in [3.05, 3.63) is 46.5 Å². The van der Waals surface area contributed by atoms with Crippen molar-refractivity contribution in [2.24, 2.45) is 0 Å². The Morgan fingerprint density at radius 1 is 1.19 bits per heavy atom. The van der Waals surface area contributed by atoms with Gasteiger partial charge in [0, 0.05) is 11.9 Å². The van der Waals surface area contributed by atoms with Crippen LogP contribution in [0.2, 0.25) is 0 Å². The van der Waals surface area contributed by atoms with Crippen LogP contribution in [-0.2, 0) is 12.8 Å². The second-order valence-electron chi connectivity index (χ2n) is 3.76. The lowest BCUT2D eigenvalue weighted by Gasteiger charge is -2.11. The summed E-state index contributed by atoms with van der Waals surface area (Å²) < 4.78 is 2.91. The first kappa shape index (κ1) is 11.1. The lowest BCUT2D eigenvalue weighted by Crippen LogP contribution is -2.02. The van der Waals surface area contributed by atoms with Gasteiger partial charge in [-0.2, -0.15) is 0 Å². The first-order chi connectivity index (χ1) is 7.77. The molecule has 2 aromatic rings. The van der Waals surface area contributed by atoms with Gasteiger partial charge in [-0.3, -0.25) is 4.57 Å². The molecule has 0 saturated carbocycles. The van der Waals surface area contributed by atoms with Crippen LogP contribution in [-0.4, -0.2) is 9.55 Å². The Kier molecular flexibility index (Phi) is 3.25. The van der Waals surface area contributed by atoms with Crippen LogP contribution in [0.4, 0.5) is 0 Å². The average molecular weight is 232 g/mol. The molecule has 1 aromatic heterocycles. The maximum absolute atomic E-state index is 5.34. The van der Waals surface area contributed by atoms with Crippen LogP contribution in [0.3, 0.4) is 0 Å². The zero-order chi connectivity index (χ0) is 11.5. The molecule has 1 N–H and O–H groups in total. The van der Waals surface area contributed by atoms with Crippen LogP contribution in [0.1, 0.15) is 25.1 Å². The van der Waals surface area contributed by atoms with E-state index in [9.17, 15) is 0 Å². The van der Waals surface area contributed by atoms with Crippen molar-refractivity contribution < 1.29 is 0 Å². The summed E-state index contributed by atoms with van der Waals surface area (Å²) in [4.78, 5) is 3.12. The van der Waals surface area contributed by atoms with Gasteiger partial charge in [0.1, 0.15) is 0 Å². The fourth-order valence-corrected chi connectivity index (χ4v) is 2.23. The van der Waals surface area contributed by atoms with Crippen molar-refractivity contribution in [2.45, 2.75) is 26.7 Å². The van der Waals surface area contributed by atoms with Crippen molar-refractivity contribution in [2.75, 3.05) is 0 Å². The topological polar surface area (TPSA) is 20.7 Å². The first-order valence-corrected chi connectivity index (χ1v) is 6.06. The molecule has 16 heavy (non-hydrogen) atoms. The quantitative estimate of drug-likeness (QED) is 0.801. The molecule has 0 fully saturated rings. The van der Waals surface area contributed by atoms with Gasteiger partial charge in [-0.25, -0.2) is 0 Å². The van der Waals surface area contributed by atoms with Crippen LogP contribution in [0, 0.1) is 4.77 Å². The Balaban J connectivity index is 2.66.